The van der Waals surface area contributed by atoms with Crippen LogP contribution in [-0.4, -0.2) is 18.0 Å². The van der Waals surface area contributed by atoms with Crippen molar-refractivity contribution in [2.24, 2.45) is 0 Å². The number of rotatable bonds is 6. The Morgan fingerprint density at radius 1 is 1.08 bits per heavy atom. The second kappa shape index (κ2) is 9.91. The molecule has 0 saturated heterocycles. The van der Waals surface area contributed by atoms with Crippen LogP contribution in [0.15, 0.2) is 11.8 Å². The molecule has 0 amide bonds. The SMILES string of the molecule is CC/C=C(\C)N(CCC)CCC.Cl. The molecule has 80 valence electrons. The minimum Gasteiger partial charge on any atom is -0.375 e. The van der Waals surface area contributed by atoms with Gasteiger partial charge in [-0.05, 0) is 26.2 Å². The summed E-state index contributed by atoms with van der Waals surface area (Å²) in [6.45, 7) is 11.3. The molecule has 0 saturated carbocycles. The highest BCUT2D eigenvalue weighted by Gasteiger charge is 2.00. The van der Waals surface area contributed by atoms with Gasteiger partial charge < -0.3 is 4.90 Å². The van der Waals surface area contributed by atoms with Gasteiger partial charge in [-0.25, -0.2) is 0 Å². The van der Waals surface area contributed by atoms with Crippen LogP contribution in [0.5, 0.6) is 0 Å². The van der Waals surface area contributed by atoms with Crippen LogP contribution in [0.2, 0.25) is 0 Å². The highest BCUT2D eigenvalue weighted by Crippen LogP contribution is 2.06. The third kappa shape index (κ3) is 6.94. The molecule has 0 aromatic rings. The van der Waals surface area contributed by atoms with E-state index in [4.69, 9.17) is 0 Å². The molecule has 0 aromatic carbocycles. The summed E-state index contributed by atoms with van der Waals surface area (Å²) in [7, 11) is 0. The van der Waals surface area contributed by atoms with Crippen molar-refractivity contribution in [1.82, 2.24) is 4.90 Å². The van der Waals surface area contributed by atoms with E-state index in [1.807, 2.05) is 0 Å². The number of halogens is 1. The van der Waals surface area contributed by atoms with Gasteiger partial charge in [-0.1, -0.05) is 26.8 Å². The average Bonchev–Trinajstić information content (AvgIpc) is 2.04. The Hall–Kier alpha value is -0.170. The molecule has 0 atom stereocenters. The lowest BCUT2D eigenvalue weighted by Gasteiger charge is -2.24. The maximum Gasteiger partial charge on any atom is 0.0172 e. The average molecular weight is 206 g/mol. The lowest BCUT2D eigenvalue weighted by Crippen LogP contribution is -2.23. The molecule has 0 aliphatic heterocycles. The maximum absolute atomic E-state index is 2.48. The molecule has 0 unspecified atom stereocenters. The Labute approximate surface area is 89.6 Å². The van der Waals surface area contributed by atoms with Crippen molar-refractivity contribution in [3.63, 3.8) is 0 Å². The molecule has 13 heavy (non-hydrogen) atoms. The molecule has 0 rings (SSSR count). The summed E-state index contributed by atoms with van der Waals surface area (Å²) in [5.41, 5.74) is 1.45. The van der Waals surface area contributed by atoms with E-state index in [1.165, 1.54) is 31.6 Å². The largest absolute Gasteiger partial charge is 0.375 e. The monoisotopic (exact) mass is 205 g/mol. The zero-order valence-corrected chi connectivity index (χ0v) is 10.3. The molecular weight excluding hydrogens is 182 g/mol. The smallest absolute Gasteiger partial charge is 0.0172 e. The van der Waals surface area contributed by atoms with Gasteiger partial charge in [-0.3, -0.25) is 0 Å². The van der Waals surface area contributed by atoms with Gasteiger partial charge in [-0.2, -0.15) is 0 Å². The van der Waals surface area contributed by atoms with Crippen LogP contribution in [0.3, 0.4) is 0 Å². The van der Waals surface area contributed by atoms with Crippen LogP contribution in [0.25, 0.3) is 0 Å². The molecule has 2 heteroatoms. The minimum atomic E-state index is 0. The van der Waals surface area contributed by atoms with Crippen LogP contribution in [-0.2, 0) is 0 Å². The molecule has 0 bridgehead atoms. The van der Waals surface area contributed by atoms with Crippen molar-refractivity contribution in [2.75, 3.05) is 13.1 Å². The Morgan fingerprint density at radius 3 is 1.85 bits per heavy atom. The van der Waals surface area contributed by atoms with E-state index < -0.39 is 0 Å². The maximum atomic E-state index is 2.48. The summed E-state index contributed by atoms with van der Waals surface area (Å²) < 4.78 is 0. The summed E-state index contributed by atoms with van der Waals surface area (Å²) in [6.07, 6.45) is 5.95. The fraction of sp³-hybridized carbons (Fsp3) is 0.818. The molecule has 0 aliphatic rings. The topological polar surface area (TPSA) is 3.24 Å². The van der Waals surface area contributed by atoms with Crippen molar-refractivity contribution < 1.29 is 0 Å². The van der Waals surface area contributed by atoms with E-state index in [2.05, 4.69) is 38.7 Å². The molecule has 0 aromatic heterocycles. The summed E-state index contributed by atoms with van der Waals surface area (Å²) in [6, 6.07) is 0. The fourth-order valence-corrected chi connectivity index (χ4v) is 1.43. The van der Waals surface area contributed by atoms with Gasteiger partial charge in [0.05, 0.1) is 0 Å². The second-order valence-corrected chi connectivity index (χ2v) is 3.24. The number of allylic oxidation sites excluding steroid dienone is 2. The summed E-state index contributed by atoms with van der Waals surface area (Å²) in [5, 5.41) is 0. The first-order valence-electron chi connectivity index (χ1n) is 5.17. The predicted molar refractivity (Wildman–Crippen MR) is 63.5 cm³/mol. The Kier molecular flexibility index (Phi) is 11.7. The number of hydrogen-bond acceptors (Lipinski definition) is 1. The van der Waals surface area contributed by atoms with Crippen molar-refractivity contribution in [3.8, 4) is 0 Å². The highest BCUT2D eigenvalue weighted by atomic mass is 35.5. The van der Waals surface area contributed by atoms with Crippen LogP contribution in [0.4, 0.5) is 0 Å². The molecule has 0 aliphatic carbocycles. The van der Waals surface area contributed by atoms with Gasteiger partial charge in [0.2, 0.25) is 0 Å². The van der Waals surface area contributed by atoms with E-state index in [0.29, 0.717) is 0 Å². The Morgan fingerprint density at radius 2 is 1.54 bits per heavy atom. The Balaban J connectivity index is 0. The molecular formula is C11H24ClN. The predicted octanol–water partition coefficient (Wildman–Crippen LogP) is 3.84. The van der Waals surface area contributed by atoms with Gasteiger partial charge in [0.1, 0.15) is 0 Å². The van der Waals surface area contributed by atoms with Gasteiger partial charge in [0.15, 0.2) is 0 Å². The van der Waals surface area contributed by atoms with Crippen LogP contribution >= 0.6 is 12.4 Å². The molecule has 0 N–H and O–H groups in total. The Bertz CT molecular complexity index is 126. The lowest BCUT2D eigenvalue weighted by atomic mass is 10.3. The molecule has 0 radical (unpaired) electrons. The van der Waals surface area contributed by atoms with Crippen LogP contribution in [0.1, 0.15) is 47.0 Å². The second-order valence-electron chi connectivity index (χ2n) is 3.24. The summed E-state index contributed by atoms with van der Waals surface area (Å²) >= 11 is 0. The van der Waals surface area contributed by atoms with Crippen molar-refractivity contribution >= 4 is 12.4 Å². The summed E-state index contributed by atoms with van der Waals surface area (Å²) in [5.74, 6) is 0. The van der Waals surface area contributed by atoms with Crippen LogP contribution in [0, 0.1) is 0 Å². The normalized spacial score (nSPS) is 10.9. The first-order valence-corrected chi connectivity index (χ1v) is 5.17. The third-order valence-corrected chi connectivity index (χ3v) is 1.99. The molecule has 0 heterocycles. The minimum absolute atomic E-state index is 0. The van der Waals surface area contributed by atoms with Gasteiger partial charge in [0, 0.05) is 18.8 Å². The quantitative estimate of drug-likeness (QED) is 0.637. The first kappa shape index (κ1) is 15.3. The number of nitrogens with zero attached hydrogens (tertiary/aromatic N) is 1. The molecule has 0 spiro atoms. The van der Waals surface area contributed by atoms with Gasteiger partial charge in [-0.15, -0.1) is 12.4 Å². The number of hydrogen-bond donors (Lipinski definition) is 0. The highest BCUT2D eigenvalue weighted by molar-refractivity contribution is 5.85. The summed E-state index contributed by atoms with van der Waals surface area (Å²) in [4.78, 5) is 2.48. The van der Waals surface area contributed by atoms with Gasteiger partial charge in [0.25, 0.3) is 0 Å². The molecule has 1 nitrogen and oxygen atoms in total. The van der Waals surface area contributed by atoms with Crippen molar-refractivity contribution in [3.05, 3.63) is 11.8 Å². The van der Waals surface area contributed by atoms with Crippen molar-refractivity contribution in [1.29, 1.82) is 0 Å². The fourth-order valence-electron chi connectivity index (χ4n) is 1.43. The van der Waals surface area contributed by atoms with E-state index >= 15 is 0 Å². The standard InChI is InChI=1S/C11H23N.ClH/c1-5-8-11(4)12(9-6-2)10-7-3;/h8H,5-7,9-10H2,1-4H3;1H/b11-8+;. The zero-order chi connectivity index (χ0) is 9.40. The van der Waals surface area contributed by atoms with Gasteiger partial charge >= 0.3 is 0 Å². The third-order valence-electron chi connectivity index (χ3n) is 1.99. The molecule has 0 fully saturated rings. The van der Waals surface area contributed by atoms with Crippen LogP contribution < -0.4 is 0 Å². The van der Waals surface area contributed by atoms with E-state index in [1.54, 1.807) is 0 Å². The van der Waals surface area contributed by atoms with E-state index in [9.17, 15) is 0 Å². The van der Waals surface area contributed by atoms with E-state index in [0.717, 1.165) is 6.42 Å². The lowest BCUT2D eigenvalue weighted by molar-refractivity contribution is 0.344. The first-order chi connectivity index (χ1) is 5.76. The van der Waals surface area contributed by atoms with E-state index in [-0.39, 0.29) is 12.4 Å². The zero-order valence-electron chi connectivity index (χ0n) is 9.47. The van der Waals surface area contributed by atoms with Crippen molar-refractivity contribution in [2.45, 2.75) is 47.0 Å².